The number of hydrogen-bond donors (Lipinski definition) is 0. The monoisotopic (exact) mass is 904 g/mol. The number of para-hydroxylation sites is 4. The number of benzene rings is 12. The van der Waals surface area contributed by atoms with E-state index in [2.05, 4.69) is 301 Å². The molecule has 1 aliphatic rings. The average molecular weight is 905 g/mol. The third kappa shape index (κ3) is 7.11. The first kappa shape index (κ1) is 41.9. The Bertz CT molecular complexity index is 3700. The predicted octanol–water partition coefficient (Wildman–Crippen LogP) is 18.6. The Labute approximate surface area is 415 Å². The van der Waals surface area contributed by atoms with E-state index in [1.54, 1.807) is 0 Å². The lowest BCUT2D eigenvalue weighted by atomic mass is 9.66. The first-order valence-electron chi connectivity index (χ1n) is 24.5. The molecule has 13 rings (SSSR count). The van der Waals surface area contributed by atoms with Gasteiger partial charge in [0.05, 0.1) is 5.41 Å². The molecule has 334 valence electrons. The minimum atomic E-state index is -0.621. The molecule has 0 fully saturated rings. The van der Waals surface area contributed by atoms with Gasteiger partial charge in [0.15, 0.2) is 0 Å². The molecule has 0 radical (unpaired) electrons. The van der Waals surface area contributed by atoms with Crippen LogP contribution in [0.1, 0.15) is 22.3 Å². The van der Waals surface area contributed by atoms with Crippen LogP contribution in [0.15, 0.2) is 291 Å². The van der Waals surface area contributed by atoms with Gasteiger partial charge < -0.3 is 9.80 Å². The maximum Gasteiger partial charge on any atom is 0.0720 e. The zero-order valence-electron chi connectivity index (χ0n) is 39.1. The van der Waals surface area contributed by atoms with Gasteiger partial charge in [-0.3, -0.25) is 0 Å². The summed E-state index contributed by atoms with van der Waals surface area (Å²) >= 11 is 0. The molecule has 0 heterocycles. The second-order valence-corrected chi connectivity index (χ2v) is 18.4. The highest BCUT2D eigenvalue weighted by atomic mass is 15.1. The molecule has 0 amide bonds. The van der Waals surface area contributed by atoms with Gasteiger partial charge in [-0.2, -0.15) is 0 Å². The zero-order valence-corrected chi connectivity index (χ0v) is 39.1. The van der Waals surface area contributed by atoms with E-state index in [0.717, 1.165) is 34.1 Å². The van der Waals surface area contributed by atoms with Gasteiger partial charge in [0, 0.05) is 34.1 Å². The molecule has 0 aliphatic heterocycles. The van der Waals surface area contributed by atoms with Crippen molar-refractivity contribution in [1.29, 1.82) is 0 Å². The summed E-state index contributed by atoms with van der Waals surface area (Å²) in [7, 11) is 0. The molecule has 0 bridgehead atoms. The molecular formula is C69H48N2. The molecule has 12 aromatic rings. The maximum atomic E-state index is 2.49. The lowest BCUT2D eigenvalue weighted by Gasteiger charge is -2.35. The molecule has 0 N–H and O–H groups in total. The van der Waals surface area contributed by atoms with Crippen molar-refractivity contribution in [3.05, 3.63) is 313 Å². The van der Waals surface area contributed by atoms with E-state index in [-0.39, 0.29) is 0 Å². The Hall–Kier alpha value is -9.24. The number of hydrogen-bond acceptors (Lipinski definition) is 2. The summed E-state index contributed by atoms with van der Waals surface area (Å²) in [5, 5.41) is 5.02. The largest absolute Gasteiger partial charge is 0.311 e. The van der Waals surface area contributed by atoms with Crippen molar-refractivity contribution in [1.82, 2.24) is 0 Å². The normalized spacial score (nSPS) is 12.3. The first-order valence-corrected chi connectivity index (χ1v) is 24.5. The quantitative estimate of drug-likeness (QED) is 0.126. The molecule has 2 nitrogen and oxygen atoms in total. The van der Waals surface area contributed by atoms with Crippen LogP contribution >= 0.6 is 0 Å². The van der Waals surface area contributed by atoms with Crippen LogP contribution in [0.5, 0.6) is 0 Å². The number of anilines is 6. The Kier molecular flexibility index (Phi) is 10.4. The topological polar surface area (TPSA) is 6.48 Å². The highest BCUT2D eigenvalue weighted by molar-refractivity contribution is 6.20. The minimum Gasteiger partial charge on any atom is -0.311 e. The fourth-order valence-corrected chi connectivity index (χ4v) is 11.4. The Balaban J connectivity index is 0.984. The summed E-state index contributed by atoms with van der Waals surface area (Å²) < 4.78 is 0. The summed E-state index contributed by atoms with van der Waals surface area (Å²) in [5.41, 5.74) is 18.5. The van der Waals surface area contributed by atoms with Crippen molar-refractivity contribution >= 4 is 55.7 Å². The van der Waals surface area contributed by atoms with Gasteiger partial charge in [-0.05, 0) is 162 Å². The smallest absolute Gasteiger partial charge is 0.0720 e. The minimum absolute atomic E-state index is 0.621. The fraction of sp³-hybridized carbons (Fsp3) is 0.0145. The standard InChI is InChI=1S/C69H48N2/c1-7-21-53(22-8-1)69(54-23-9-2-10-24-54)66-48-52(50-37-43-60(44-38-50)71(57-29-15-5-16-30-57)58-31-17-6-18-32-58)40-46-64(66)67-62-34-20-19-33-61(62)65-47-51(39-45-63(65)68(67)69)49-35-41-59(42-36-49)70(55-25-11-3-12-26-55)56-27-13-4-14-28-56/h1-48H. The maximum absolute atomic E-state index is 2.49. The van der Waals surface area contributed by atoms with Gasteiger partial charge in [-0.25, -0.2) is 0 Å². The zero-order chi connectivity index (χ0) is 47.1. The van der Waals surface area contributed by atoms with Crippen molar-refractivity contribution in [2.24, 2.45) is 0 Å². The van der Waals surface area contributed by atoms with Gasteiger partial charge in [-0.15, -0.1) is 0 Å². The van der Waals surface area contributed by atoms with Crippen molar-refractivity contribution in [2.75, 3.05) is 9.80 Å². The van der Waals surface area contributed by atoms with Gasteiger partial charge in [0.2, 0.25) is 0 Å². The molecule has 0 unspecified atom stereocenters. The Morgan fingerprint density at radius 3 is 1.04 bits per heavy atom. The Morgan fingerprint density at radius 2 is 0.592 bits per heavy atom. The molecule has 0 saturated heterocycles. The SMILES string of the molecule is c1ccc(N(c2ccccc2)c2ccc(-c3ccc4c(c3)C(c3ccccc3)(c3ccccc3)c3c-4c4ccccc4c4cc(-c5ccc(N(c6ccccc6)c6ccccc6)cc5)ccc34)cc2)cc1. The van der Waals surface area contributed by atoms with Gasteiger partial charge >= 0.3 is 0 Å². The van der Waals surface area contributed by atoms with E-state index in [4.69, 9.17) is 0 Å². The molecule has 0 spiro atoms. The van der Waals surface area contributed by atoms with Crippen LogP contribution < -0.4 is 9.80 Å². The molecule has 0 saturated carbocycles. The fourth-order valence-electron chi connectivity index (χ4n) is 11.4. The van der Waals surface area contributed by atoms with Crippen LogP contribution in [0.2, 0.25) is 0 Å². The van der Waals surface area contributed by atoms with Crippen molar-refractivity contribution in [2.45, 2.75) is 5.41 Å². The van der Waals surface area contributed by atoms with Gasteiger partial charge in [-0.1, -0.05) is 206 Å². The summed E-state index contributed by atoms with van der Waals surface area (Å²) in [6.07, 6.45) is 0. The van der Waals surface area contributed by atoms with Crippen LogP contribution in [0.25, 0.3) is 54.9 Å². The second-order valence-electron chi connectivity index (χ2n) is 18.4. The van der Waals surface area contributed by atoms with Crippen molar-refractivity contribution < 1.29 is 0 Å². The van der Waals surface area contributed by atoms with Gasteiger partial charge in [0.25, 0.3) is 0 Å². The van der Waals surface area contributed by atoms with Crippen molar-refractivity contribution in [3.8, 4) is 33.4 Å². The molecule has 0 aromatic heterocycles. The van der Waals surface area contributed by atoms with E-state index in [1.807, 2.05) is 0 Å². The molecule has 1 aliphatic carbocycles. The van der Waals surface area contributed by atoms with Crippen LogP contribution in [0, 0.1) is 0 Å². The van der Waals surface area contributed by atoms with Crippen LogP contribution in [0.4, 0.5) is 34.1 Å². The molecule has 2 heteroatoms. The summed E-state index contributed by atoms with van der Waals surface area (Å²) in [6.45, 7) is 0. The van der Waals surface area contributed by atoms with Crippen LogP contribution in [-0.4, -0.2) is 0 Å². The first-order chi connectivity index (χ1) is 35.2. The average Bonchev–Trinajstić information content (AvgIpc) is 3.77. The van der Waals surface area contributed by atoms with E-state index >= 15 is 0 Å². The lowest BCUT2D eigenvalue weighted by Crippen LogP contribution is -2.29. The number of nitrogens with zero attached hydrogens (tertiary/aromatic N) is 2. The highest BCUT2D eigenvalue weighted by Crippen LogP contribution is 2.61. The lowest BCUT2D eigenvalue weighted by molar-refractivity contribution is 0.776. The summed E-state index contributed by atoms with van der Waals surface area (Å²) in [6, 6.07) is 106. The van der Waals surface area contributed by atoms with Gasteiger partial charge in [0.1, 0.15) is 0 Å². The summed E-state index contributed by atoms with van der Waals surface area (Å²) in [4.78, 5) is 4.64. The van der Waals surface area contributed by atoms with Crippen LogP contribution in [0.3, 0.4) is 0 Å². The van der Waals surface area contributed by atoms with Crippen LogP contribution in [-0.2, 0) is 5.41 Å². The van der Waals surface area contributed by atoms with E-state index in [9.17, 15) is 0 Å². The Morgan fingerprint density at radius 1 is 0.239 bits per heavy atom. The third-order valence-electron chi connectivity index (χ3n) is 14.5. The predicted molar refractivity (Wildman–Crippen MR) is 299 cm³/mol. The molecular weight excluding hydrogens is 857 g/mol. The van der Waals surface area contributed by atoms with Crippen molar-refractivity contribution in [3.63, 3.8) is 0 Å². The molecule has 71 heavy (non-hydrogen) atoms. The summed E-state index contributed by atoms with van der Waals surface area (Å²) in [5.74, 6) is 0. The van der Waals surface area contributed by atoms with E-state index in [1.165, 1.54) is 77.2 Å². The van der Waals surface area contributed by atoms with E-state index in [0.29, 0.717) is 0 Å². The third-order valence-corrected chi connectivity index (χ3v) is 14.5. The van der Waals surface area contributed by atoms with E-state index < -0.39 is 5.41 Å². The number of rotatable bonds is 10. The highest BCUT2D eigenvalue weighted by Gasteiger charge is 2.48. The molecule has 0 atom stereocenters. The second kappa shape index (κ2) is 17.7. The number of fused-ring (bicyclic) bond motifs is 8. The molecule has 12 aromatic carbocycles.